The van der Waals surface area contributed by atoms with E-state index in [1.165, 1.54) is 16.2 Å². The Bertz CT molecular complexity index is 1030. The number of ketones is 1. The molecule has 0 N–H and O–H groups in total. The first-order chi connectivity index (χ1) is 10.0. The predicted octanol–water partition coefficient (Wildman–Crippen LogP) is 3.62. The lowest BCUT2D eigenvalue weighted by atomic mass is 9.98. The van der Waals surface area contributed by atoms with Gasteiger partial charge in [0, 0.05) is 0 Å². The first-order valence-electron chi connectivity index (χ1n) is 6.63. The lowest BCUT2D eigenvalue weighted by Crippen LogP contribution is -2.37. The predicted molar refractivity (Wildman–Crippen MR) is 95.2 cm³/mol. The Morgan fingerprint density at radius 1 is 0.810 bits per heavy atom. The first kappa shape index (κ1) is 13.2. The maximum Gasteiger partial charge on any atom is 0.187 e. The monoisotopic (exact) mass is 400 g/mol. The lowest BCUT2D eigenvalue weighted by molar-refractivity contribution is -0.112. The minimum Gasteiger partial charge on any atom is -0.292 e. The Kier molecular flexibility index (Phi) is 2.85. The SMILES string of the molecule is O=C1C=c2cc3ccc4ccccc4c3cc2=CC1(Br)Br. The highest BCUT2D eigenvalue weighted by Gasteiger charge is 2.29. The summed E-state index contributed by atoms with van der Waals surface area (Å²) < 4.78 is -0.786. The van der Waals surface area contributed by atoms with Gasteiger partial charge in [-0.05, 0) is 56.3 Å². The van der Waals surface area contributed by atoms with Crippen molar-refractivity contribution in [2.45, 2.75) is 3.23 Å². The van der Waals surface area contributed by atoms with Crippen molar-refractivity contribution in [1.29, 1.82) is 0 Å². The lowest BCUT2D eigenvalue weighted by Gasteiger charge is -2.16. The third-order valence-corrected chi connectivity index (χ3v) is 5.14. The van der Waals surface area contributed by atoms with E-state index < -0.39 is 3.23 Å². The van der Waals surface area contributed by atoms with Gasteiger partial charge in [-0.15, -0.1) is 0 Å². The normalized spacial score (nSPS) is 16.4. The van der Waals surface area contributed by atoms with Gasteiger partial charge >= 0.3 is 0 Å². The van der Waals surface area contributed by atoms with E-state index in [0.717, 1.165) is 15.8 Å². The zero-order chi connectivity index (χ0) is 14.6. The maximum absolute atomic E-state index is 12.0. The fraction of sp³-hybridized carbons (Fsp3) is 0.0556. The van der Waals surface area contributed by atoms with Crippen LogP contribution in [0.1, 0.15) is 0 Å². The molecule has 3 heteroatoms. The van der Waals surface area contributed by atoms with Gasteiger partial charge in [0.1, 0.15) is 0 Å². The van der Waals surface area contributed by atoms with Crippen molar-refractivity contribution < 1.29 is 4.79 Å². The summed E-state index contributed by atoms with van der Waals surface area (Å²) in [6, 6.07) is 16.8. The number of Topliss-reactive ketones (excluding diaryl/α,β-unsaturated/α-hetero) is 1. The second-order valence-corrected chi connectivity index (χ2v) is 8.83. The molecule has 3 aromatic carbocycles. The van der Waals surface area contributed by atoms with Crippen LogP contribution in [0, 0.1) is 0 Å². The molecular formula is C18H10Br2O. The van der Waals surface area contributed by atoms with Gasteiger partial charge in [0.2, 0.25) is 0 Å². The summed E-state index contributed by atoms with van der Waals surface area (Å²) in [6.45, 7) is 0. The second-order valence-electron chi connectivity index (χ2n) is 5.26. The molecule has 0 aliphatic heterocycles. The molecule has 102 valence electrons. The Labute approximate surface area is 138 Å². The molecule has 0 saturated carbocycles. The summed E-state index contributed by atoms with van der Waals surface area (Å²) in [5.41, 5.74) is 0. The van der Waals surface area contributed by atoms with Gasteiger partial charge in [-0.25, -0.2) is 0 Å². The minimum absolute atomic E-state index is 0.00939. The molecule has 0 radical (unpaired) electrons. The van der Waals surface area contributed by atoms with E-state index in [9.17, 15) is 4.79 Å². The molecule has 0 heterocycles. The molecule has 1 nitrogen and oxygen atoms in total. The molecule has 0 saturated heterocycles. The van der Waals surface area contributed by atoms with E-state index in [2.05, 4.69) is 74.3 Å². The number of hydrogen-bond acceptors (Lipinski definition) is 1. The largest absolute Gasteiger partial charge is 0.292 e. The zero-order valence-electron chi connectivity index (χ0n) is 10.9. The number of fused-ring (bicyclic) bond motifs is 4. The Morgan fingerprint density at radius 2 is 1.57 bits per heavy atom. The van der Waals surface area contributed by atoms with Crippen LogP contribution in [0.4, 0.5) is 0 Å². The third-order valence-electron chi connectivity index (χ3n) is 3.90. The van der Waals surface area contributed by atoms with Crippen LogP contribution in [-0.2, 0) is 4.79 Å². The Morgan fingerprint density at radius 3 is 2.43 bits per heavy atom. The van der Waals surface area contributed by atoms with Crippen LogP contribution in [0.2, 0.25) is 0 Å². The van der Waals surface area contributed by atoms with Crippen molar-refractivity contribution in [3.63, 3.8) is 0 Å². The van der Waals surface area contributed by atoms with Crippen molar-refractivity contribution in [2.75, 3.05) is 0 Å². The second kappa shape index (κ2) is 4.52. The molecule has 0 unspecified atom stereocenters. The number of halogens is 2. The van der Waals surface area contributed by atoms with E-state index in [1.54, 1.807) is 6.08 Å². The van der Waals surface area contributed by atoms with Gasteiger partial charge in [-0.1, -0.05) is 68.3 Å². The quantitative estimate of drug-likeness (QED) is 0.415. The van der Waals surface area contributed by atoms with Crippen LogP contribution in [0.5, 0.6) is 0 Å². The van der Waals surface area contributed by atoms with Crippen LogP contribution in [0.15, 0.2) is 48.5 Å². The molecule has 0 amide bonds. The number of benzene rings is 3. The highest BCUT2D eigenvalue weighted by atomic mass is 79.9. The van der Waals surface area contributed by atoms with Crippen LogP contribution < -0.4 is 10.4 Å². The summed E-state index contributed by atoms with van der Waals surface area (Å²) in [4.78, 5) is 12.0. The third kappa shape index (κ3) is 2.07. The van der Waals surface area contributed by atoms with Gasteiger partial charge in [0.15, 0.2) is 9.02 Å². The van der Waals surface area contributed by atoms with E-state index >= 15 is 0 Å². The van der Waals surface area contributed by atoms with Gasteiger partial charge < -0.3 is 0 Å². The van der Waals surface area contributed by atoms with Crippen LogP contribution >= 0.6 is 31.9 Å². The van der Waals surface area contributed by atoms with Crippen molar-refractivity contribution in [2.24, 2.45) is 0 Å². The van der Waals surface area contributed by atoms with E-state index in [-0.39, 0.29) is 5.78 Å². The summed E-state index contributed by atoms with van der Waals surface area (Å²) in [6.07, 6.45) is 3.61. The van der Waals surface area contributed by atoms with Gasteiger partial charge in [-0.3, -0.25) is 4.79 Å². The highest BCUT2D eigenvalue weighted by Crippen LogP contribution is 2.31. The molecule has 21 heavy (non-hydrogen) atoms. The zero-order valence-corrected chi connectivity index (χ0v) is 14.1. The summed E-state index contributed by atoms with van der Waals surface area (Å²) >= 11 is 6.84. The Hall–Kier alpha value is -1.45. The molecule has 0 bridgehead atoms. The van der Waals surface area contributed by atoms with Gasteiger partial charge in [-0.2, -0.15) is 0 Å². The van der Waals surface area contributed by atoms with E-state index in [4.69, 9.17) is 0 Å². The summed E-state index contributed by atoms with van der Waals surface area (Å²) in [7, 11) is 0. The summed E-state index contributed by atoms with van der Waals surface area (Å²) in [5, 5.41) is 6.86. The van der Waals surface area contributed by atoms with Gasteiger partial charge in [0.05, 0.1) is 0 Å². The fourth-order valence-corrected chi connectivity index (χ4v) is 3.57. The average Bonchev–Trinajstić information content (AvgIpc) is 2.46. The molecule has 1 aliphatic rings. The Balaban J connectivity index is 2.20. The van der Waals surface area contributed by atoms with Crippen molar-refractivity contribution in [3.05, 3.63) is 59.0 Å². The summed E-state index contributed by atoms with van der Waals surface area (Å²) in [5.74, 6) is 0.00939. The first-order valence-corrected chi connectivity index (χ1v) is 8.22. The fourth-order valence-electron chi connectivity index (χ4n) is 2.84. The van der Waals surface area contributed by atoms with E-state index in [1.807, 2.05) is 12.1 Å². The standard InChI is InChI=1S/C18H10Br2O/c19-18(20)10-14-8-16-12(7-13(14)9-17(18)21)6-5-11-3-1-2-4-15(11)16/h1-10H. The molecule has 0 atom stereocenters. The van der Waals surface area contributed by atoms with Crippen LogP contribution in [0.3, 0.4) is 0 Å². The average molecular weight is 402 g/mol. The number of carbonyl (C=O) groups excluding carboxylic acids is 1. The molecule has 0 spiro atoms. The van der Waals surface area contributed by atoms with Crippen molar-refractivity contribution >= 4 is 71.3 Å². The highest BCUT2D eigenvalue weighted by molar-refractivity contribution is 9.26. The molecule has 0 aromatic heterocycles. The van der Waals surface area contributed by atoms with Crippen LogP contribution in [-0.4, -0.2) is 9.02 Å². The molecule has 0 fully saturated rings. The number of hydrogen-bond donors (Lipinski definition) is 0. The maximum atomic E-state index is 12.0. The van der Waals surface area contributed by atoms with Crippen molar-refractivity contribution in [1.82, 2.24) is 0 Å². The number of carbonyl (C=O) groups is 1. The number of rotatable bonds is 0. The molecule has 4 rings (SSSR count). The van der Waals surface area contributed by atoms with Crippen molar-refractivity contribution in [3.8, 4) is 0 Å². The minimum atomic E-state index is -0.786. The topological polar surface area (TPSA) is 17.1 Å². The molecule has 1 aliphatic carbocycles. The molecule has 3 aromatic rings. The number of alkyl halides is 2. The smallest absolute Gasteiger partial charge is 0.187 e. The van der Waals surface area contributed by atoms with Crippen LogP contribution in [0.25, 0.3) is 33.7 Å². The van der Waals surface area contributed by atoms with E-state index in [0.29, 0.717) is 0 Å². The molecular weight excluding hydrogens is 392 g/mol. The van der Waals surface area contributed by atoms with Gasteiger partial charge in [0.25, 0.3) is 0 Å².